The van der Waals surface area contributed by atoms with E-state index in [1.54, 1.807) is 18.2 Å². The van der Waals surface area contributed by atoms with Crippen LogP contribution >= 0.6 is 0 Å². The van der Waals surface area contributed by atoms with E-state index < -0.39 is 11.7 Å². The topological polar surface area (TPSA) is 87.7 Å². The number of fused-ring (bicyclic) bond motifs is 2. The lowest BCUT2D eigenvalue weighted by atomic mass is 9.82. The highest BCUT2D eigenvalue weighted by Crippen LogP contribution is 2.47. The molecule has 6 heteroatoms. The van der Waals surface area contributed by atoms with Crippen LogP contribution in [0.5, 0.6) is 5.88 Å². The summed E-state index contributed by atoms with van der Waals surface area (Å²) in [5, 5.41) is 19.1. The van der Waals surface area contributed by atoms with Crippen molar-refractivity contribution < 1.29 is 9.13 Å². The van der Waals surface area contributed by atoms with E-state index in [2.05, 4.69) is 16.3 Å². The van der Waals surface area contributed by atoms with Crippen LogP contribution in [0.15, 0.2) is 78.2 Å². The third-order valence-corrected chi connectivity index (χ3v) is 5.21. The molecule has 0 radical (unpaired) electrons. The molecule has 0 amide bonds. The molecule has 0 saturated carbocycles. The highest BCUT2D eigenvalue weighted by molar-refractivity contribution is 5.97. The second-order valence-corrected chi connectivity index (χ2v) is 6.79. The molecule has 0 aliphatic carbocycles. The summed E-state index contributed by atoms with van der Waals surface area (Å²) in [6.45, 7) is 0. The lowest BCUT2D eigenvalue weighted by Gasteiger charge is -2.24. The minimum absolute atomic E-state index is 0.0655. The first-order valence-corrected chi connectivity index (χ1v) is 9.07. The number of allylic oxidation sites excluding steroid dienone is 1. The van der Waals surface area contributed by atoms with Gasteiger partial charge in [0.2, 0.25) is 11.8 Å². The fourth-order valence-corrected chi connectivity index (χ4v) is 3.91. The number of H-pyrrole nitrogens is 1. The molecule has 5 nitrogen and oxygen atoms in total. The summed E-state index contributed by atoms with van der Waals surface area (Å²) in [4.78, 5) is 0. The molecule has 3 N–H and O–H groups in total. The number of nitrogens with one attached hydrogen (secondary N) is 1. The molecule has 0 fully saturated rings. The fraction of sp³-hybridized carbons (Fsp3) is 0.0435. The normalized spacial score (nSPS) is 15.7. The van der Waals surface area contributed by atoms with Gasteiger partial charge in [-0.15, -0.1) is 5.10 Å². The maximum Gasteiger partial charge on any atom is 0.244 e. The molecule has 5 rings (SSSR count). The van der Waals surface area contributed by atoms with E-state index in [0.717, 1.165) is 16.3 Å². The zero-order valence-corrected chi connectivity index (χ0v) is 15.2. The maximum absolute atomic E-state index is 14.8. The van der Waals surface area contributed by atoms with Crippen molar-refractivity contribution in [2.45, 2.75) is 5.92 Å². The largest absolute Gasteiger partial charge is 0.420 e. The molecule has 29 heavy (non-hydrogen) atoms. The first-order chi connectivity index (χ1) is 14.2. The van der Waals surface area contributed by atoms with Gasteiger partial charge in [-0.1, -0.05) is 60.7 Å². The minimum Gasteiger partial charge on any atom is -0.420 e. The molecule has 1 aliphatic rings. The van der Waals surface area contributed by atoms with Gasteiger partial charge >= 0.3 is 0 Å². The highest BCUT2D eigenvalue weighted by Gasteiger charge is 2.37. The molecule has 4 aromatic rings. The Morgan fingerprint density at radius 3 is 2.62 bits per heavy atom. The third kappa shape index (κ3) is 2.56. The zero-order chi connectivity index (χ0) is 20.0. The van der Waals surface area contributed by atoms with Crippen molar-refractivity contribution in [3.05, 3.63) is 95.1 Å². The van der Waals surface area contributed by atoms with Gasteiger partial charge in [-0.05, 0) is 16.8 Å². The molecule has 1 aromatic heterocycles. The molecule has 140 valence electrons. The Morgan fingerprint density at radius 1 is 1.03 bits per heavy atom. The lowest BCUT2D eigenvalue weighted by molar-refractivity contribution is 0.378. The second kappa shape index (κ2) is 6.50. The molecular formula is C23H15FN4O. The van der Waals surface area contributed by atoms with E-state index in [1.165, 1.54) is 6.07 Å². The standard InChI is InChI=1S/C23H15FN4O/c24-18-11-4-3-9-16(18)19-17(12-25)22(26)29-23-20(19)21(27-28-23)15-10-5-7-13-6-1-2-8-14(13)15/h1-11,19H,26H2,(H,27,28)/t19-/m1/s1. The van der Waals surface area contributed by atoms with Gasteiger partial charge in [0, 0.05) is 11.1 Å². The van der Waals surface area contributed by atoms with Crippen LogP contribution in [0.4, 0.5) is 4.39 Å². The van der Waals surface area contributed by atoms with Gasteiger partial charge in [-0.3, -0.25) is 5.10 Å². The second-order valence-electron chi connectivity index (χ2n) is 6.79. The van der Waals surface area contributed by atoms with E-state index in [4.69, 9.17) is 10.5 Å². The Hall–Kier alpha value is -4.11. The Labute approximate surface area is 165 Å². The van der Waals surface area contributed by atoms with E-state index in [-0.39, 0.29) is 17.3 Å². The summed E-state index contributed by atoms with van der Waals surface area (Å²) in [5.74, 6) is -0.962. The lowest BCUT2D eigenvalue weighted by Crippen LogP contribution is -2.21. The summed E-state index contributed by atoms with van der Waals surface area (Å²) in [5.41, 5.74) is 8.64. The monoisotopic (exact) mass is 382 g/mol. The molecule has 0 spiro atoms. The number of nitriles is 1. The number of hydrogen-bond donors (Lipinski definition) is 2. The molecular weight excluding hydrogens is 367 g/mol. The Balaban J connectivity index is 1.81. The SMILES string of the molecule is N#CC1=C(N)Oc2n[nH]c(-c3cccc4ccccc34)c2[C@@H]1c1ccccc1F. The van der Waals surface area contributed by atoms with Crippen LogP contribution in [0.25, 0.3) is 22.0 Å². The number of nitrogens with two attached hydrogens (primary N) is 1. The van der Waals surface area contributed by atoms with Crippen molar-refractivity contribution in [3.63, 3.8) is 0 Å². The number of nitrogens with zero attached hydrogens (tertiary/aromatic N) is 2. The number of halogens is 1. The first kappa shape index (κ1) is 17.0. The van der Waals surface area contributed by atoms with Crippen molar-refractivity contribution in [2.24, 2.45) is 5.73 Å². The van der Waals surface area contributed by atoms with Gasteiger partial charge in [0.25, 0.3) is 0 Å². The smallest absolute Gasteiger partial charge is 0.244 e. The van der Waals surface area contributed by atoms with Crippen molar-refractivity contribution in [1.29, 1.82) is 5.26 Å². The Bertz CT molecular complexity index is 1330. The number of hydrogen-bond acceptors (Lipinski definition) is 4. The van der Waals surface area contributed by atoms with Crippen molar-refractivity contribution in [1.82, 2.24) is 10.2 Å². The number of ether oxygens (including phenoxy) is 1. The summed E-state index contributed by atoms with van der Waals surface area (Å²) >= 11 is 0. The predicted octanol–water partition coefficient (Wildman–Crippen LogP) is 4.59. The van der Waals surface area contributed by atoms with Gasteiger partial charge in [-0.2, -0.15) is 5.26 Å². The third-order valence-electron chi connectivity index (χ3n) is 5.21. The average molecular weight is 382 g/mol. The number of rotatable bonds is 2. The predicted molar refractivity (Wildman–Crippen MR) is 107 cm³/mol. The quantitative estimate of drug-likeness (QED) is 0.531. The minimum atomic E-state index is -0.724. The van der Waals surface area contributed by atoms with Crippen LogP contribution in [-0.4, -0.2) is 10.2 Å². The summed E-state index contributed by atoms with van der Waals surface area (Å²) in [6, 6.07) is 22.3. The number of aromatic amines is 1. The highest BCUT2D eigenvalue weighted by atomic mass is 19.1. The van der Waals surface area contributed by atoms with Gasteiger partial charge in [-0.25, -0.2) is 4.39 Å². The van der Waals surface area contributed by atoms with Gasteiger partial charge in [0.05, 0.1) is 17.2 Å². The van der Waals surface area contributed by atoms with Crippen molar-refractivity contribution >= 4 is 10.8 Å². The van der Waals surface area contributed by atoms with E-state index >= 15 is 0 Å². The van der Waals surface area contributed by atoms with E-state index in [1.807, 2.05) is 42.5 Å². The maximum atomic E-state index is 14.8. The summed E-state index contributed by atoms with van der Waals surface area (Å²) in [7, 11) is 0. The van der Waals surface area contributed by atoms with Gasteiger partial charge in [0.15, 0.2) is 0 Å². The molecule has 1 atom stereocenters. The number of benzene rings is 3. The molecule has 1 aliphatic heterocycles. The van der Waals surface area contributed by atoms with Gasteiger partial charge < -0.3 is 10.5 Å². The number of aromatic nitrogens is 2. The van der Waals surface area contributed by atoms with Gasteiger partial charge in [0.1, 0.15) is 17.5 Å². The van der Waals surface area contributed by atoms with Crippen molar-refractivity contribution in [2.75, 3.05) is 0 Å². The zero-order valence-electron chi connectivity index (χ0n) is 15.2. The van der Waals surface area contributed by atoms with Crippen LogP contribution in [-0.2, 0) is 0 Å². The van der Waals surface area contributed by atoms with E-state index in [0.29, 0.717) is 16.8 Å². The van der Waals surface area contributed by atoms with Crippen molar-refractivity contribution in [3.8, 4) is 23.2 Å². The summed E-state index contributed by atoms with van der Waals surface area (Å²) in [6.07, 6.45) is 0. The Morgan fingerprint density at radius 2 is 1.79 bits per heavy atom. The molecule has 2 heterocycles. The van der Waals surface area contributed by atoms with Crippen LogP contribution in [0, 0.1) is 17.1 Å². The van der Waals surface area contributed by atoms with Crippen LogP contribution in [0.3, 0.4) is 0 Å². The molecule has 0 saturated heterocycles. The average Bonchev–Trinajstić information content (AvgIpc) is 3.16. The van der Waals surface area contributed by atoms with Crippen LogP contribution in [0.1, 0.15) is 17.0 Å². The van der Waals surface area contributed by atoms with E-state index in [9.17, 15) is 9.65 Å². The fourth-order valence-electron chi connectivity index (χ4n) is 3.91. The summed E-state index contributed by atoms with van der Waals surface area (Å²) < 4.78 is 20.4. The first-order valence-electron chi connectivity index (χ1n) is 9.07. The van der Waals surface area contributed by atoms with Crippen LogP contribution < -0.4 is 10.5 Å². The molecule has 0 bridgehead atoms. The molecule has 0 unspecified atom stereocenters. The Kier molecular flexibility index (Phi) is 3.81. The molecule has 3 aromatic carbocycles. The van der Waals surface area contributed by atoms with Crippen LogP contribution in [0.2, 0.25) is 0 Å².